The lowest BCUT2D eigenvalue weighted by molar-refractivity contribution is -0.137. The van der Waals surface area contributed by atoms with Crippen LogP contribution in [0.3, 0.4) is 0 Å². The van der Waals surface area contributed by atoms with E-state index < -0.39 is 23.6 Å². The third kappa shape index (κ3) is 4.20. The number of carbonyl (C=O) groups excluding carboxylic acids is 2. The number of alkyl halides is 3. The van der Waals surface area contributed by atoms with Crippen LogP contribution < -0.4 is 10.2 Å². The van der Waals surface area contributed by atoms with Gasteiger partial charge in [0, 0.05) is 18.4 Å². The number of anilines is 2. The molecule has 1 aliphatic heterocycles. The SMILES string of the molecule is Cc1cccnc1C(=O)Nc1cnn2c1C(=O)N(c1ccc(C(F)(F)F)cc1)C[C@@H]2C.S. The first-order valence-corrected chi connectivity index (χ1v) is 9.46. The number of fused-ring (bicyclic) bond motifs is 1. The second-order valence-corrected chi connectivity index (χ2v) is 7.28. The van der Waals surface area contributed by atoms with Crippen LogP contribution in [0, 0.1) is 6.92 Å². The Morgan fingerprint density at radius 2 is 1.88 bits per heavy atom. The average Bonchev–Trinajstić information content (AvgIpc) is 3.15. The van der Waals surface area contributed by atoms with Crippen molar-refractivity contribution in [2.45, 2.75) is 26.1 Å². The number of pyridine rings is 1. The van der Waals surface area contributed by atoms with Crippen LogP contribution in [0.25, 0.3) is 0 Å². The number of nitrogens with one attached hydrogen (secondary N) is 1. The zero-order chi connectivity index (χ0) is 22.3. The van der Waals surface area contributed by atoms with Gasteiger partial charge >= 0.3 is 6.18 Å². The van der Waals surface area contributed by atoms with Gasteiger partial charge in [-0.1, -0.05) is 6.07 Å². The highest BCUT2D eigenvalue weighted by atomic mass is 32.1. The van der Waals surface area contributed by atoms with Crippen molar-refractivity contribution < 1.29 is 22.8 Å². The van der Waals surface area contributed by atoms with Crippen LogP contribution in [0.15, 0.2) is 48.8 Å². The fourth-order valence-corrected chi connectivity index (χ4v) is 3.51. The Hall–Kier alpha value is -3.34. The minimum atomic E-state index is -4.46. The molecule has 0 bridgehead atoms. The molecular formula is C21H20F3N5O2S. The van der Waals surface area contributed by atoms with Gasteiger partial charge in [-0.2, -0.15) is 31.8 Å². The minimum absolute atomic E-state index is 0. The molecule has 1 atom stereocenters. The van der Waals surface area contributed by atoms with E-state index in [0.29, 0.717) is 11.3 Å². The van der Waals surface area contributed by atoms with Crippen LogP contribution in [-0.2, 0) is 6.18 Å². The number of aromatic nitrogens is 3. The summed E-state index contributed by atoms with van der Waals surface area (Å²) < 4.78 is 40.1. The van der Waals surface area contributed by atoms with Gasteiger partial charge in [-0.25, -0.2) is 0 Å². The van der Waals surface area contributed by atoms with Crippen LogP contribution in [0.1, 0.15) is 45.1 Å². The van der Waals surface area contributed by atoms with Crippen molar-refractivity contribution in [3.8, 4) is 0 Å². The maximum Gasteiger partial charge on any atom is 0.416 e. The number of hydrogen-bond donors (Lipinski definition) is 1. The van der Waals surface area contributed by atoms with Gasteiger partial charge in [-0.05, 0) is 49.7 Å². The lowest BCUT2D eigenvalue weighted by atomic mass is 10.1. The van der Waals surface area contributed by atoms with E-state index in [0.717, 1.165) is 12.1 Å². The summed E-state index contributed by atoms with van der Waals surface area (Å²) in [4.78, 5) is 31.3. The van der Waals surface area contributed by atoms with Gasteiger partial charge in [-0.3, -0.25) is 19.3 Å². The first-order valence-electron chi connectivity index (χ1n) is 9.46. The molecule has 0 radical (unpaired) electrons. The van der Waals surface area contributed by atoms with Crippen molar-refractivity contribution in [2.75, 3.05) is 16.8 Å². The lowest BCUT2D eigenvalue weighted by Crippen LogP contribution is -2.43. The molecule has 0 unspecified atom stereocenters. The first-order chi connectivity index (χ1) is 14.7. The number of rotatable bonds is 3. The fourth-order valence-electron chi connectivity index (χ4n) is 3.51. The van der Waals surface area contributed by atoms with Gasteiger partial charge in [0.25, 0.3) is 11.8 Å². The number of benzene rings is 1. The monoisotopic (exact) mass is 463 g/mol. The molecule has 32 heavy (non-hydrogen) atoms. The van der Waals surface area contributed by atoms with Crippen LogP contribution in [-0.4, -0.2) is 33.1 Å². The molecule has 0 aliphatic carbocycles. The summed E-state index contributed by atoms with van der Waals surface area (Å²) in [5.74, 6) is -0.954. The van der Waals surface area contributed by atoms with Crippen molar-refractivity contribution in [1.29, 1.82) is 0 Å². The summed E-state index contributed by atoms with van der Waals surface area (Å²) >= 11 is 0. The second kappa shape index (κ2) is 8.65. The maximum atomic E-state index is 13.2. The number of aryl methyl sites for hydroxylation is 1. The number of halogens is 3. The van der Waals surface area contributed by atoms with E-state index >= 15 is 0 Å². The molecule has 168 valence electrons. The van der Waals surface area contributed by atoms with Crippen LogP contribution >= 0.6 is 13.5 Å². The Balaban J connectivity index is 0.00000289. The largest absolute Gasteiger partial charge is 0.416 e. The summed E-state index contributed by atoms with van der Waals surface area (Å²) in [6.07, 6.45) is -1.58. The van der Waals surface area contributed by atoms with Gasteiger partial charge in [0.05, 0.1) is 23.5 Å². The van der Waals surface area contributed by atoms with Gasteiger partial charge in [0.2, 0.25) is 0 Å². The fraction of sp³-hybridized carbons (Fsp3) is 0.238. The quantitative estimate of drug-likeness (QED) is 0.632. The van der Waals surface area contributed by atoms with Crippen LogP contribution in [0.2, 0.25) is 0 Å². The zero-order valence-corrected chi connectivity index (χ0v) is 18.1. The molecule has 2 aromatic heterocycles. The number of nitrogens with zero attached hydrogens (tertiary/aromatic N) is 4. The Labute approximate surface area is 188 Å². The molecule has 4 rings (SSSR count). The summed E-state index contributed by atoms with van der Waals surface area (Å²) in [7, 11) is 0. The Kier molecular flexibility index (Phi) is 6.31. The van der Waals surface area contributed by atoms with Gasteiger partial charge in [0.1, 0.15) is 5.69 Å². The molecular weight excluding hydrogens is 443 g/mol. The molecule has 1 aromatic carbocycles. The molecule has 0 saturated carbocycles. The van der Waals surface area contributed by atoms with Crippen molar-refractivity contribution in [3.63, 3.8) is 0 Å². The highest BCUT2D eigenvalue weighted by Gasteiger charge is 2.35. The second-order valence-electron chi connectivity index (χ2n) is 7.28. The van der Waals surface area contributed by atoms with E-state index in [-0.39, 0.29) is 43.2 Å². The predicted molar refractivity (Wildman–Crippen MR) is 117 cm³/mol. The summed E-state index contributed by atoms with van der Waals surface area (Å²) in [6.45, 7) is 3.80. The lowest BCUT2D eigenvalue weighted by Gasteiger charge is -2.32. The van der Waals surface area contributed by atoms with Crippen molar-refractivity contribution in [3.05, 3.63) is 71.3 Å². The number of amides is 2. The highest BCUT2D eigenvalue weighted by Crippen LogP contribution is 2.33. The molecule has 11 heteroatoms. The summed E-state index contributed by atoms with van der Waals surface area (Å²) in [5.41, 5.74) is 0.794. The van der Waals surface area contributed by atoms with Crippen LogP contribution in [0.4, 0.5) is 24.5 Å². The van der Waals surface area contributed by atoms with E-state index in [1.807, 2.05) is 6.92 Å². The van der Waals surface area contributed by atoms with Crippen molar-refractivity contribution >= 4 is 36.7 Å². The summed E-state index contributed by atoms with van der Waals surface area (Å²) in [6, 6.07) is 7.59. The van der Waals surface area contributed by atoms with Gasteiger partial charge < -0.3 is 10.2 Å². The highest BCUT2D eigenvalue weighted by molar-refractivity contribution is 7.59. The Morgan fingerprint density at radius 3 is 2.50 bits per heavy atom. The molecule has 1 N–H and O–H groups in total. The third-order valence-electron chi connectivity index (χ3n) is 5.09. The van der Waals surface area contributed by atoms with E-state index in [4.69, 9.17) is 0 Å². The van der Waals surface area contributed by atoms with Gasteiger partial charge in [-0.15, -0.1) is 0 Å². The number of carbonyl (C=O) groups is 2. The topological polar surface area (TPSA) is 80.1 Å². The van der Waals surface area contributed by atoms with Crippen molar-refractivity contribution in [1.82, 2.24) is 14.8 Å². The van der Waals surface area contributed by atoms with E-state index in [9.17, 15) is 22.8 Å². The van der Waals surface area contributed by atoms with Crippen LogP contribution in [0.5, 0.6) is 0 Å². The zero-order valence-electron chi connectivity index (χ0n) is 17.1. The van der Waals surface area contributed by atoms with E-state index in [2.05, 4.69) is 15.4 Å². The molecule has 3 aromatic rings. The van der Waals surface area contributed by atoms with Crippen molar-refractivity contribution in [2.24, 2.45) is 0 Å². The molecule has 1 aliphatic rings. The average molecular weight is 463 g/mol. The molecule has 0 saturated heterocycles. The Morgan fingerprint density at radius 1 is 1.19 bits per heavy atom. The van der Waals surface area contributed by atoms with E-state index in [1.54, 1.807) is 19.1 Å². The Bertz CT molecular complexity index is 1160. The number of hydrogen-bond acceptors (Lipinski definition) is 4. The molecule has 0 spiro atoms. The standard InChI is InChI=1S/C21H18F3N5O2.H2S/c1-12-4-3-9-25-17(12)19(30)27-16-10-26-29-13(2)11-28(20(31)18(16)29)15-7-5-14(6-8-15)21(22,23)24;/h3-10,13H,11H2,1-2H3,(H,27,30);1H2/t13-;/m0./s1. The molecule has 3 heterocycles. The molecule has 7 nitrogen and oxygen atoms in total. The normalized spacial score (nSPS) is 15.7. The molecule has 2 amide bonds. The van der Waals surface area contributed by atoms with E-state index in [1.165, 1.54) is 34.1 Å². The summed E-state index contributed by atoms with van der Waals surface area (Å²) in [5, 5.41) is 6.90. The minimum Gasteiger partial charge on any atom is -0.317 e. The smallest absolute Gasteiger partial charge is 0.317 e. The van der Waals surface area contributed by atoms with Gasteiger partial charge in [0.15, 0.2) is 5.69 Å². The first kappa shape index (κ1) is 23.3. The predicted octanol–water partition coefficient (Wildman–Crippen LogP) is 4.19. The maximum absolute atomic E-state index is 13.2. The third-order valence-corrected chi connectivity index (χ3v) is 5.09. The molecule has 0 fully saturated rings.